The third-order valence-corrected chi connectivity index (χ3v) is 4.14. The van der Waals surface area contributed by atoms with Crippen molar-refractivity contribution >= 4 is 29.3 Å². The van der Waals surface area contributed by atoms with Crippen molar-refractivity contribution < 1.29 is 4.79 Å². The maximum absolute atomic E-state index is 10.8. The number of aryl methyl sites for hydroxylation is 1. The predicted octanol–water partition coefficient (Wildman–Crippen LogP) is 2.18. The van der Waals surface area contributed by atoms with E-state index in [1.54, 1.807) is 11.8 Å². The molecule has 5 nitrogen and oxygen atoms in total. The zero-order valence-corrected chi connectivity index (χ0v) is 12.6. The first kappa shape index (κ1) is 14.9. The largest absolute Gasteiger partial charge is 0.370 e. The lowest BCUT2D eigenvalue weighted by Gasteiger charge is -2.03. The van der Waals surface area contributed by atoms with Crippen LogP contribution in [0.3, 0.4) is 0 Å². The number of nitrogens with zero attached hydrogens (tertiary/aromatic N) is 3. The van der Waals surface area contributed by atoms with Gasteiger partial charge in [-0.2, -0.15) is 0 Å². The van der Waals surface area contributed by atoms with Crippen LogP contribution in [-0.2, 0) is 24.0 Å². The Morgan fingerprint density at radius 3 is 2.70 bits per heavy atom. The van der Waals surface area contributed by atoms with Crippen LogP contribution in [0.4, 0.5) is 0 Å². The SMILES string of the molecule is Cn1c(CCC(N)=O)nnc1SCc1ccc(Cl)cc1. The molecule has 0 radical (unpaired) electrons. The summed E-state index contributed by atoms with van der Waals surface area (Å²) in [6.07, 6.45) is 0.800. The van der Waals surface area contributed by atoms with E-state index >= 15 is 0 Å². The summed E-state index contributed by atoms with van der Waals surface area (Å²) >= 11 is 7.44. The fourth-order valence-electron chi connectivity index (χ4n) is 1.65. The number of aromatic nitrogens is 3. The number of hydrogen-bond acceptors (Lipinski definition) is 4. The Hall–Kier alpha value is -1.53. The van der Waals surface area contributed by atoms with Gasteiger partial charge >= 0.3 is 0 Å². The van der Waals surface area contributed by atoms with E-state index in [0.29, 0.717) is 6.42 Å². The minimum atomic E-state index is -0.330. The van der Waals surface area contributed by atoms with Crippen molar-refractivity contribution in [2.24, 2.45) is 12.8 Å². The van der Waals surface area contributed by atoms with E-state index in [1.807, 2.05) is 35.9 Å². The zero-order chi connectivity index (χ0) is 14.5. The van der Waals surface area contributed by atoms with Gasteiger partial charge in [0, 0.05) is 30.7 Å². The summed E-state index contributed by atoms with van der Waals surface area (Å²) in [7, 11) is 1.89. The quantitative estimate of drug-likeness (QED) is 0.830. The van der Waals surface area contributed by atoms with Crippen molar-refractivity contribution in [2.75, 3.05) is 0 Å². The highest BCUT2D eigenvalue weighted by molar-refractivity contribution is 7.98. The molecule has 2 aromatic rings. The van der Waals surface area contributed by atoms with Gasteiger partial charge in [-0.15, -0.1) is 10.2 Å². The van der Waals surface area contributed by atoms with Gasteiger partial charge in [-0.25, -0.2) is 0 Å². The summed E-state index contributed by atoms with van der Waals surface area (Å²) in [4.78, 5) is 10.8. The van der Waals surface area contributed by atoms with Crippen molar-refractivity contribution in [3.63, 3.8) is 0 Å². The topological polar surface area (TPSA) is 73.8 Å². The Bertz CT molecular complexity index is 597. The molecule has 0 spiro atoms. The van der Waals surface area contributed by atoms with Gasteiger partial charge in [0.15, 0.2) is 5.16 Å². The van der Waals surface area contributed by atoms with Gasteiger partial charge in [-0.05, 0) is 17.7 Å². The molecule has 0 aliphatic carbocycles. The molecule has 20 heavy (non-hydrogen) atoms. The average molecular weight is 311 g/mol. The van der Waals surface area contributed by atoms with E-state index in [1.165, 1.54) is 5.56 Å². The van der Waals surface area contributed by atoms with E-state index in [-0.39, 0.29) is 12.3 Å². The van der Waals surface area contributed by atoms with Gasteiger partial charge in [-0.3, -0.25) is 4.79 Å². The van der Waals surface area contributed by atoms with Crippen LogP contribution in [0.15, 0.2) is 29.4 Å². The molecule has 0 aliphatic rings. The van der Waals surface area contributed by atoms with Gasteiger partial charge in [0.05, 0.1) is 0 Å². The summed E-state index contributed by atoms with van der Waals surface area (Å²) in [6, 6.07) is 7.71. The summed E-state index contributed by atoms with van der Waals surface area (Å²) in [5.41, 5.74) is 6.30. The number of benzene rings is 1. The number of hydrogen-bond donors (Lipinski definition) is 1. The second-order valence-electron chi connectivity index (χ2n) is 4.34. The molecule has 1 amide bonds. The van der Waals surface area contributed by atoms with Crippen molar-refractivity contribution in [3.05, 3.63) is 40.7 Å². The standard InChI is InChI=1S/C13H15ClN4OS/c1-18-12(7-6-11(15)19)16-17-13(18)20-8-9-2-4-10(14)5-3-9/h2-5H,6-8H2,1H3,(H2,15,19). The van der Waals surface area contributed by atoms with Gasteiger partial charge in [0.25, 0.3) is 0 Å². The fraction of sp³-hybridized carbons (Fsp3) is 0.308. The van der Waals surface area contributed by atoms with Crippen LogP contribution in [0.2, 0.25) is 5.02 Å². The molecule has 2 rings (SSSR count). The Morgan fingerprint density at radius 1 is 1.35 bits per heavy atom. The monoisotopic (exact) mass is 310 g/mol. The molecule has 0 saturated carbocycles. The Morgan fingerprint density at radius 2 is 2.05 bits per heavy atom. The van der Waals surface area contributed by atoms with Crippen LogP contribution in [0.25, 0.3) is 0 Å². The molecule has 2 N–H and O–H groups in total. The lowest BCUT2D eigenvalue weighted by molar-refractivity contribution is -0.118. The maximum atomic E-state index is 10.8. The molecule has 7 heteroatoms. The van der Waals surface area contributed by atoms with Crippen LogP contribution in [0, 0.1) is 0 Å². The van der Waals surface area contributed by atoms with Gasteiger partial charge in [0.2, 0.25) is 5.91 Å². The molecule has 0 fully saturated rings. The van der Waals surface area contributed by atoms with Gasteiger partial charge in [-0.1, -0.05) is 35.5 Å². The fourth-order valence-corrected chi connectivity index (χ4v) is 2.66. The third-order valence-electron chi connectivity index (χ3n) is 2.80. The van der Waals surface area contributed by atoms with Crippen LogP contribution in [0.1, 0.15) is 17.8 Å². The highest BCUT2D eigenvalue weighted by Crippen LogP contribution is 2.22. The zero-order valence-electron chi connectivity index (χ0n) is 11.0. The summed E-state index contributed by atoms with van der Waals surface area (Å²) in [6.45, 7) is 0. The summed E-state index contributed by atoms with van der Waals surface area (Å²) < 4.78 is 1.89. The van der Waals surface area contributed by atoms with E-state index in [2.05, 4.69) is 10.2 Å². The van der Waals surface area contributed by atoms with Crippen LogP contribution >= 0.6 is 23.4 Å². The molecule has 0 unspecified atom stereocenters. The minimum absolute atomic E-state index is 0.286. The highest BCUT2D eigenvalue weighted by atomic mass is 35.5. The number of primary amides is 1. The Balaban J connectivity index is 1.96. The number of rotatable bonds is 6. The highest BCUT2D eigenvalue weighted by Gasteiger charge is 2.10. The molecule has 1 aromatic heterocycles. The maximum Gasteiger partial charge on any atom is 0.217 e. The molecular weight excluding hydrogens is 296 g/mol. The number of carbonyl (C=O) groups is 1. The molecule has 0 bridgehead atoms. The van der Waals surface area contributed by atoms with E-state index < -0.39 is 0 Å². The Labute approximate surface area is 126 Å². The lowest BCUT2D eigenvalue weighted by atomic mass is 10.2. The van der Waals surface area contributed by atoms with Crippen LogP contribution < -0.4 is 5.73 Å². The van der Waals surface area contributed by atoms with E-state index in [0.717, 1.165) is 21.8 Å². The molecule has 106 valence electrons. The number of thioether (sulfide) groups is 1. The number of carbonyl (C=O) groups excluding carboxylic acids is 1. The second kappa shape index (κ2) is 6.76. The second-order valence-corrected chi connectivity index (χ2v) is 5.72. The molecule has 1 aromatic carbocycles. The molecule has 0 atom stereocenters. The molecular formula is C13H15ClN4OS. The van der Waals surface area contributed by atoms with Crippen molar-refractivity contribution in [2.45, 2.75) is 23.8 Å². The first-order valence-corrected chi connectivity index (χ1v) is 7.46. The first-order valence-electron chi connectivity index (χ1n) is 6.10. The summed E-state index contributed by atoms with van der Waals surface area (Å²) in [5.74, 6) is 1.23. The molecule has 0 aliphatic heterocycles. The number of halogens is 1. The summed E-state index contributed by atoms with van der Waals surface area (Å²) in [5, 5.41) is 9.75. The van der Waals surface area contributed by atoms with Crippen molar-refractivity contribution in [3.8, 4) is 0 Å². The van der Waals surface area contributed by atoms with E-state index in [4.69, 9.17) is 17.3 Å². The van der Waals surface area contributed by atoms with Gasteiger partial charge in [0.1, 0.15) is 5.82 Å². The average Bonchev–Trinajstić information content (AvgIpc) is 2.77. The minimum Gasteiger partial charge on any atom is -0.370 e. The first-order chi connectivity index (χ1) is 9.56. The normalized spacial score (nSPS) is 10.7. The molecule has 0 saturated heterocycles. The van der Waals surface area contributed by atoms with Crippen LogP contribution in [-0.4, -0.2) is 20.7 Å². The predicted molar refractivity (Wildman–Crippen MR) is 79.5 cm³/mol. The lowest BCUT2D eigenvalue weighted by Crippen LogP contribution is -2.12. The van der Waals surface area contributed by atoms with Crippen molar-refractivity contribution in [1.29, 1.82) is 0 Å². The van der Waals surface area contributed by atoms with Crippen LogP contribution in [0.5, 0.6) is 0 Å². The van der Waals surface area contributed by atoms with Gasteiger partial charge < -0.3 is 10.3 Å². The number of amides is 1. The third kappa shape index (κ3) is 3.98. The Kier molecular flexibility index (Phi) is 5.03. The van der Waals surface area contributed by atoms with Crippen molar-refractivity contribution in [1.82, 2.24) is 14.8 Å². The number of nitrogens with two attached hydrogens (primary N) is 1. The molecule has 1 heterocycles. The smallest absolute Gasteiger partial charge is 0.217 e. The van der Waals surface area contributed by atoms with E-state index in [9.17, 15) is 4.79 Å².